The molecular weight excluding hydrogens is 376 g/mol. The van der Waals surface area contributed by atoms with Crippen molar-refractivity contribution in [1.29, 1.82) is 0 Å². The van der Waals surface area contributed by atoms with Crippen LogP contribution in [0.15, 0.2) is 52.3 Å². The highest BCUT2D eigenvalue weighted by Gasteiger charge is 2.35. The summed E-state index contributed by atoms with van der Waals surface area (Å²) in [4.78, 5) is 30.7. The van der Waals surface area contributed by atoms with Gasteiger partial charge < -0.3 is 14.5 Å². The van der Waals surface area contributed by atoms with E-state index in [0.29, 0.717) is 12.1 Å². The van der Waals surface area contributed by atoms with Gasteiger partial charge in [-0.1, -0.05) is 33.2 Å². The molecule has 1 aromatic rings. The Kier molecular flexibility index (Phi) is 5.92. The standard InChI is InChI=1S/C17H17BrN2O4/c1-4-9-20-13-8-6-7-12(18)15(13)16(17(20)22)19-24-11(3)10-14(21)23-5-2/h4,6-8,10H,1,5,9H2,2-3H3/b11-10+,19-16+. The third-order valence-corrected chi connectivity index (χ3v) is 3.83. The minimum Gasteiger partial charge on any atom is -0.463 e. The average molecular weight is 393 g/mol. The van der Waals surface area contributed by atoms with Crippen molar-refractivity contribution in [3.63, 3.8) is 0 Å². The van der Waals surface area contributed by atoms with Gasteiger partial charge in [-0.05, 0) is 26.0 Å². The fraction of sp³-hybridized carbons (Fsp3) is 0.235. The molecule has 0 unspecified atom stereocenters. The summed E-state index contributed by atoms with van der Waals surface area (Å²) >= 11 is 3.43. The Morgan fingerprint density at radius 1 is 1.46 bits per heavy atom. The quantitative estimate of drug-likeness (QED) is 0.245. The summed E-state index contributed by atoms with van der Waals surface area (Å²) < 4.78 is 5.52. The van der Waals surface area contributed by atoms with E-state index in [2.05, 4.69) is 27.7 Å². The third kappa shape index (κ3) is 3.73. The molecule has 6 nitrogen and oxygen atoms in total. The highest BCUT2D eigenvalue weighted by Crippen LogP contribution is 2.34. The van der Waals surface area contributed by atoms with E-state index in [1.54, 1.807) is 24.8 Å². The second-order valence-electron chi connectivity index (χ2n) is 4.88. The van der Waals surface area contributed by atoms with E-state index in [4.69, 9.17) is 9.57 Å². The number of anilines is 1. The molecule has 0 bridgehead atoms. The molecule has 0 radical (unpaired) electrons. The van der Waals surface area contributed by atoms with Crippen molar-refractivity contribution in [2.24, 2.45) is 5.16 Å². The number of hydrogen-bond donors (Lipinski definition) is 0. The van der Waals surface area contributed by atoms with Crippen LogP contribution in [0.5, 0.6) is 0 Å². The molecule has 1 amide bonds. The van der Waals surface area contributed by atoms with Crippen LogP contribution in [-0.2, 0) is 19.2 Å². The molecule has 1 aliphatic rings. The topological polar surface area (TPSA) is 68.2 Å². The SMILES string of the molecule is C=CCN1C(=O)/C(=N/O/C(C)=C/C(=O)OCC)c2c(Br)cccc21. The molecular formula is C17H17BrN2O4. The zero-order valence-electron chi connectivity index (χ0n) is 13.4. The van der Waals surface area contributed by atoms with E-state index in [1.165, 1.54) is 6.08 Å². The molecule has 0 aromatic heterocycles. The number of hydrogen-bond acceptors (Lipinski definition) is 5. The Balaban J connectivity index is 2.32. The number of carbonyl (C=O) groups excluding carboxylic acids is 2. The molecule has 1 heterocycles. The summed E-state index contributed by atoms with van der Waals surface area (Å²) in [5.74, 6) is -0.590. The van der Waals surface area contributed by atoms with Crippen molar-refractivity contribution in [2.45, 2.75) is 13.8 Å². The Bertz CT molecular complexity index is 740. The van der Waals surface area contributed by atoms with Gasteiger partial charge in [0.05, 0.1) is 18.4 Å². The van der Waals surface area contributed by atoms with Crippen molar-refractivity contribution in [1.82, 2.24) is 0 Å². The predicted molar refractivity (Wildman–Crippen MR) is 94.7 cm³/mol. The zero-order chi connectivity index (χ0) is 17.7. The fourth-order valence-corrected chi connectivity index (χ4v) is 2.75. The first kappa shape index (κ1) is 17.9. The monoisotopic (exact) mass is 392 g/mol. The molecule has 0 saturated heterocycles. The number of esters is 1. The minimum absolute atomic E-state index is 0.163. The molecule has 0 atom stereocenters. The lowest BCUT2D eigenvalue weighted by atomic mass is 10.1. The molecule has 126 valence electrons. The van der Waals surface area contributed by atoms with Crippen molar-refractivity contribution in [3.8, 4) is 0 Å². The van der Waals surface area contributed by atoms with Crippen LogP contribution in [0.4, 0.5) is 5.69 Å². The number of halogens is 1. The Morgan fingerprint density at radius 3 is 2.88 bits per heavy atom. The van der Waals surface area contributed by atoms with Gasteiger partial charge in [0, 0.05) is 16.6 Å². The van der Waals surface area contributed by atoms with E-state index in [0.717, 1.165) is 10.2 Å². The number of amides is 1. The summed E-state index contributed by atoms with van der Waals surface area (Å²) in [6.45, 7) is 7.57. The minimum atomic E-state index is -0.525. The number of nitrogens with zero attached hydrogens (tertiary/aromatic N) is 2. The van der Waals surface area contributed by atoms with Crippen LogP contribution in [0.25, 0.3) is 0 Å². The molecule has 0 N–H and O–H groups in total. The van der Waals surface area contributed by atoms with E-state index < -0.39 is 5.97 Å². The van der Waals surface area contributed by atoms with Crippen LogP contribution in [0.3, 0.4) is 0 Å². The van der Waals surface area contributed by atoms with Crippen LogP contribution in [0.1, 0.15) is 19.4 Å². The van der Waals surface area contributed by atoms with Crippen LogP contribution in [0, 0.1) is 0 Å². The molecule has 1 aromatic carbocycles. The van der Waals surface area contributed by atoms with Crippen LogP contribution < -0.4 is 4.90 Å². The Hall–Kier alpha value is -2.41. The predicted octanol–water partition coefficient (Wildman–Crippen LogP) is 3.17. The highest BCUT2D eigenvalue weighted by molar-refractivity contribution is 9.10. The third-order valence-electron chi connectivity index (χ3n) is 3.17. The number of oxime groups is 1. The van der Waals surface area contributed by atoms with E-state index in [-0.39, 0.29) is 24.0 Å². The molecule has 2 rings (SSSR count). The van der Waals surface area contributed by atoms with Gasteiger partial charge in [-0.2, -0.15) is 0 Å². The second kappa shape index (κ2) is 7.92. The number of fused-ring (bicyclic) bond motifs is 1. The number of ether oxygens (including phenoxy) is 1. The summed E-state index contributed by atoms with van der Waals surface area (Å²) in [6, 6.07) is 5.48. The smallest absolute Gasteiger partial charge is 0.334 e. The number of rotatable bonds is 6. The molecule has 0 saturated carbocycles. The second-order valence-corrected chi connectivity index (χ2v) is 5.73. The van der Waals surface area contributed by atoms with Gasteiger partial charge in [0.1, 0.15) is 5.76 Å². The first-order chi connectivity index (χ1) is 11.5. The van der Waals surface area contributed by atoms with Gasteiger partial charge in [-0.15, -0.1) is 6.58 Å². The maximum atomic E-state index is 12.6. The lowest BCUT2D eigenvalue weighted by Gasteiger charge is -2.13. The Labute approximate surface area is 148 Å². The maximum Gasteiger partial charge on any atom is 0.334 e. The first-order valence-corrected chi connectivity index (χ1v) is 8.10. The Morgan fingerprint density at radius 2 is 2.21 bits per heavy atom. The summed E-state index contributed by atoms with van der Waals surface area (Å²) in [5, 5.41) is 3.94. The average Bonchev–Trinajstić information content (AvgIpc) is 2.80. The van der Waals surface area contributed by atoms with Gasteiger partial charge in [0.15, 0.2) is 5.71 Å². The zero-order valence-corrected chi connectivity index (χ0v) is 15.0. The number of allylic oxidation sites excluding steroid dienone is 1. The van der Waals surface area contributed by atoms with Gasteiger partial charge in [-0.25, -0.2) is 4.79 Å². The highest BCUT2D eigenvalue weighted by atomic mass is 79.9. The van der Waals surface area contributed by atoms with Gasteiger partial charge >= 0.3 is 5.97 Å². The molecule has 24 heavy (non-hydrogen) atoms. The van der Waals surface area contributed by atoms with Crippen molar-refractivity contribution >= 4 is 39.2 Å². The van der Waals surface area contributed by atoms with Gasteiger partial charge in [-0.3, -0.25) is 4.79 Å². The molecule has 0 aliphatic carbocycles. The lowest BCUT2D eigenvalue weighted by Crippen LogP contribution is -2.30. The normalized spacial score (nSPS) is 15.5. The van der Waals surface area contributed by atoms with Crippen molar-refractivity contribution in [3.05, 3.63) is 52.7 Å². The van der Waals surface area contributed by atoms with Crippen molar-refractivity contribution in [2.75, 3.05) is 18.1 Å². The summed E-state index contributed by atoms with van der Waals surface area (Å²) in [5.41, 5.74) is 1.54. The first-order valence-electron chi connectivity index (χ1n) is 7.31. The van der Waals surface area contributed by atoms with E-state index >= 15 is 0 Å². The molecule has 1 aliphatic heterocycles. The van der Waals surface area contributed by atoms with Crippen LogP contribution >= 0.6 is 15.9 Å². The number of carbonyl (C=O) groups is 2. The van der Waals surface area contributed by atoms with E-state index in [1.807, 2.05) is 18.2 Å². The van der Waals surface area contributed by atoms with Gasteiger partial charge in [0.2, 0.25) is 0 Å². The maximum absolute atomic E-state index is 12.6. The van der Waals surface area contributed by atoms with E-state index in [9.17, 15) is 9.59 Å². The largest absolute Gasteiger partial charge is 0.463 e. The molecule has 0 spiro atoms. The van der Waals surface area contributed by atoms with Crippen molar-refractivity contribution < 1.29 is 19.2 Å². The fourth-order valence-electron chi connectivity index (χ4n) is 2.21. The number of benzene rings is 1. The summed E-state index contributed by atoms with van der Waals surface area (Å²) in [6.07, 6.45) is 2.81. The van der Waals surface area contributed by atoms with Gasteiger partial charge in [0.25, 0.3) is 5.91 Å². The molecule has 0 fully saturated rings. The lowest BCUT2D eigenvalue weighted by molar-refractivity contribution is -0.137. The van der Waals surface area contributed by atoms with Crippen LogP contribution in [-0.4, -0.2) is 30.7 Å². The summed E-state index contributed by atoms with van der Waals surface area (Å²) in [7, 11) is 0. The van der Waals surface area contributed by atoms with Crippen LogP contribution in [0.2, 0.25) is 0 Å². The molecule has 7 heteroatoms.